The molecule has 18 heavy (non-hydrogen) atoms. The van der Waals surface area contributed by atoms with Crippen molar-refractivity contribution in [2.45, 2.75) is 6.54 Å². The highest BCUT2D eigenvalue weighted by Gasteiger charge is 2.10. The maximum atomic E-state index is 11.9. The maximum Gasteiger partial charge on any atom is 0.253 e. The van der Waals surface area contributed by atoms with Gasteiger partial charge in [-0.2, -0.15) is 10.2 Å². The molecular weight excluding hydrogens is 296 g/mol. The Kier molecular flexibility index (Phi) is 3.88. The fourth-order valence-corrected chi connectivity index (χ4v) is 1.78. The van der Waals surface area contributed by atoms with Gasteiger partial charge in [-0.25, -0.2) is 0 Å². The molecule has 5 nitrogen and oxygen atoms in total. The summed E-state index contributed by atoms with van der Waals surface area (Å²) in [5, 5.41) is 10.4. The summed E-state index contributed by atoms with van der Waals surface area (Å²) in [6.07, 6.45) is 1.58. The molecule has 0 radical (unpaired) electrons. The van der Waals surface area contributed by atoms with Crippen LogP contribution < -0.4 is 11.1 Å². The van der Waals surface area contributed by atoms with Gasteiger partial charge < -0.3 is 11.1 Å². The number of nitrogens with two attached hydrogens (primary N) is 1. The summed E-state index contributed by atoms with van der Waals surface area (Å²) < 4.78 is 0.807. The summed E-state index contributed by atoms with van der Waals surface area (Å²) in [4.78, 5) is 11.9. The molecule has 1 amide bonds. The number of carbonyl (C=O) groups excluding carboxylic acids is 1. The van der Waals surface area contributed by atoms with E-state index in [1.54, 1.807) is 36.5 Å². The molecule has 0 saturated heterocycles. The fraction of sp³-hybridized carbons (Fsp3) is 0.0833. The van der Waals surface area contributed by atoms with Crippen molar-refractivity contribution in [3.05, 3.63) is 52.3 Å². The quantitative estimate of drug-likeness (QED) is 0.847. The van der Waals surface area contributed by atoms with Gasteiger partial charge in [0.25, 0.3) is 5.91 Å². The Morgan fingerprint density at radius 2 is 2.22 bits per heavy atom. The second-order valence-corrected chi connectivity index (χ2v) is 4.54. The molecule has 0 aliphatic carbocycles. The topological polar surface area (TPSA) is 80.9 Å². The summed E-state index contributed by atoms with van der Waals surface area (Å²) in [5.74, 6) is -0.237. The summed E-state index contributed by atoms with van der Waals surface area (Å²) in [5.41, 5.74) is 7.32. The Labute approximate surface area is 113 Å². The molecule has 1 heterocycles. The Hall–Kier alpha value is -1.95. The van der Waals surface area contributed by atoms with Crippen LogP contribution in [0.5, 0.6) is 0 Å². The molecule has 2 aromatic rings. The van der Waals surface area contributed by atoms with Crippen LogP contribution in [0, 0.1) is 0 Å². The number of halogens is 1. The zero-order chi connectivity index (χ0) is 13.0. The van der Waals surface area contributed by atoms with Crippen molar-refractivity contribution >= 4 is 27.5 Å². The number of rotatable bonds is 3. The Bertz CT molecular complexity index is 559. The number of hydrogen-bond acceptors (Lipinski definition) is 4. The number of nitrogens with zero attached hydrogens (tertiary/aromatic N) is 2. The molecular formula is C12H11BrN4O. The standard InChI is InChI=1S/C12H11BrN4O/c13-8-3-4-11(14)10(6-8)12(18)15-7-9-2-1-5-16-17-9/h1-6H,7,14H2,(H,15,18). The Morgan fingerprint density at radius 1 is 1.39 bits per heavy atom. The molecule has 2 rings (SSSR count). The van der Waals surface area contributed by atoms with Crippen LogP contribution >= 0.6 is 15.9 Å². The van der Waals surface area contributed by atoms with Crippen LogP contribution in [0.15, 0.2) is 41.0 Å². The van der Waals surface area contributed by atoms with E-state index in [1.807, 2.05) is 0 Å². The summed E-state index contributed by atoms with van der Waals surface area (Å²) >= 11 is 3.30. The number of nitrogens with one attached hydrogen (secondary N) is 1. The average Bonchev–Trinajstić information content (AvgIpc) is 2.40. The summed E-state index contributed by atoms with van der Waals surface area (Å²) in [6, 6.07) is 8.71. The van der Waals surface area contributed by atoms with Crippen LogP contribution in [0.1, 0.15) is 16.1 Å². The van der Waals surface area contributed by atoms with E-state index in [0.29, 0.717) is 23.5 Å². The number of nitrogen functional groups attached to an aromatic ring is 1. The van der Waals surface area contributed by atoms with E-state index in [1.165, 1.54) is 0 Å². The van der Waals surface area contributed by atoms with Gasteiger partial charge in [0.2, 0.25) is 0 Å². The molecule has 0 atom stereocenters. The lowest BCUT2D eigenvalue weighted by molar-refractivity contribution is 0.0951. The molecule has 0 aliphatic rings. The first-order chi connectivity index (χ1) is 8.66. The van der Waals surface area contributed by atoms with Crippen LogP contribution in [-0.4, -0.2) is 16.1 Å². The van der Waals surface area contributed by atoms with E-state index < -0.39 is 0 Å². The molecule has 0 saturated carbocycles. The maximum absolute atomic E-state index is 11.9. The lowest BCUT2D eigenvalue weighted by atomic mass is 10.1. The summed E-state index contributed by atoms with van der Waals surface area (Å²) in [7, 11) is 0. The van der Waals surface area contributed by atoms with E-state index in [4.69, 9.17) is 5.73 Å². The monoisotopic (exact) mass is 306 g/mol. The van der Waals surface area contributed by atoms with Gasteiger partial charge in [-0.15, -0.1) is 0 Å². The highest BCUT2D eigenvalue weighted by molar-refractivity contribution is 9.10. The molecule has 0 bridgehead atoms. The molecule has 0 spiro atoms. The molecule has 3 N–H and O–H groups in total. The minimum Gasteiger partial charge on any atom is -0.398 e. The van der Waals surface area contributed by atoms with Crippen molar-refractivity contribution in [2.75, 3.05) is 5.73 Å². The van der Waals surface area contributed by atoms with E-state index >= 15 is 0 Å². The van der Waals surface area contributed by atoms with Crippen LogP contribution in [0.3, 0.4) is 0 Å². The van der Waals surface area contributed by atoms with Crippen molar-refractivity contribution in [1.82, 2.24) is 15.5 Å². The molecule has 0 fully saturated rings. The number of aromatic nitrogens is 2. The lowest BCUT2D eigenvalue weighted by Gasteiger charge is -2.07. The Morgan fingerprint density at radius 3 is 2.94 bits per heavy atom. The molecule has 0 unspecified atom stereocenters. The highest BCUT2D eigenvalue weighted by atomic mass is 79.9. The normalized spacial score (nSPS) is 10.1. The minimum absolute atomic E-state index is 0.237. The molecule has 0 aliphatic heterocycles. The molecule has 92 valence electrons. The predicted octanol–water partition coefficient (Wildman–Crippen LogP) is 1.75. The van der Waals surface area contributed by atoms with Gasteiger partial charge in [-0.3, -0.25) is 4.79 Å². The molecule has 1 aromatic heterocycles. The number of benzene rings is 1. The van der Waals surface area contributed by atoms with Crippen molar-refractivity contribution in [2.24, 2.45) is 0 Å². The second kappa shape index (κ2) is 5.59. The van der Waals surface area contributed by atoms with Crippen LogP contribution in [0.2, 0.25) is 0 Å². The number of hydrogen-bond donors (Lipinski definition) is 2. The van der Waals surface area contributed by atoms with E-state index in [9.17, 15) is 4.79 Å². The lowest BCUT2D eigenvalue weighted by Crippen LogP contribution is -2.24. The van der Waals surface area contributed by atoms with Crippen molar-refractivity contribution < 1.29 is 4.79 Å². The van der Waals surface area contributed by atoms with Gasteiger partial charge >= 0.3 is 0 Å². The number of carbonyl (C=O) groups is 1. The predicted molar refractivity (Wildman–Crippen MR) is 71.8 cm³/mol. The smallest absolute Gasteiger partial charge is 0.253 e. The fourth-order valence-electron chi connectivity index (χ4n) is 1.42. The summed E-state index contributed by atoms with van der Waals surface area (Å²) in [6.45, 7) is 0.318. The zero-order valence-corrected chi connectivity index (χ0v) is 11.0. The van der Waals surface area contributed by atoms with Crippen molar-refractivity contribution in [1.29, 1.82) is 0 Å². The third-order valence-electron chi connectivity index (χ3n) is 2.32. The first kappa shape index (κ1) is 12.5. The van der Waals surface area contributed by atoms with Crippen molar-refractivity contribution in [3.8, 4) is 0 Å². The first-order valence-corrected chi connectivity index (χ1v) is 6.06. The molecule has 6 heteroatoms. The number of amides is 1. The molecule has 1 aromatic carbocycles. The van der Waals surface area contributed by atoms with Gasteiger partial charge in [0.15, 0.2) is 0 Å². The van der Waals surface area contributed by atoms with E-state index in [-0.39, 0.29) is 5.91 Å². The van der Waals surface area contributed by atoms with Crippen LogP contribution in [-0.2, 0) is 6.54 Å². The SMILES string of the molecule is Nc1ccc(Br)cc1C(=O)NCc1cccnn1. The van der Waals surface area contributed by atoms with Gasteiger partial charge in [0.1, 0.15) is 0 Å². The van der Waals surface area contributed by atoms with Crippen LogP contribution in [0.4, 0.5) is 5.69 Å². The highest BCUT2D eigenvalue weighted by Crippen LogP contribution is 2.18. The van der Waals surface area contributed by atoms with Crippen LogP contribution in [0.25, 0.3) is 0 Å². The van der Waals surface area contributed by atoms with Crippen molar-refractivity contribution in [3.63, 3.8) is 0 Å². The average molecular weight is 307 g/mol. The number of anilines is 1. The van der Waals surface area contributed by atoms with Gasteiger partial charge in [0, 0.05) is 16.4 Å². The zero-order valence-electron chi connectivity index (χ0n) is 9.43. The Balaban J connectivity index is 2.06. The minimum atomic E-state index is -0.237. The largest absolute Gasteiger partial charge is 0.398 e. The van der Waals surface area contributed by atoms with Gasteiger partial charge in [0.05, 0.1) is 17.8 Å². The third-order valence-corrected chi connectivity index (χ3v) is 2.81. The van der Waals surface area contributed by atoms with Gasteiger partial charge in [-0.1, -0.05) is 15.9 Å². The first-order valence-electron chi connectivity index (χ1n) is 5.26. The van der Waals surface area contributed by atoms with Gasteiger partial charge in [-0.05, 0) is 30.3 Å². The van der Waals surface area contributed by atoms with E-state index in [2.05, 4.69) is 31.4 Å². The third kappa shape index (κ3) is 3.04. The van der Waals surface area contributed by atoms with E-state index in [0.717, 1.165) is 4.47 Å². The second-order valence-electron chi connectivity index (χ2n) is 3.63.